The minimum absolute atomic E-state index is 0.105. The van der Waals surface area contributed by atoms with Crippen LogP contribution in [0, 0.1) is 6.92 Å². The fourth-order valence-electron chi connectivity index (χ4n) is 3.65. The summed E-state index contributed by atoms with van der Waals surface area (Å²) < 4.78 is 23.0. The first kappa shape index (κ1) is 21.8. The monoisotopic (exact) mass is 452 g/mol. The highest BCUT2D eigenvalue weighted by atomic mass is 16.5. The minimum Gasteiger partial charge on any atom is -0.493 e. The lowest BCUT2D eigenvalue weighted by Crippen LogP contribution is -2.21. The van der Waals surface area contributed by atoms with Gasteiger partial charge in [0.1, 0.15) is 5.56 Å². The molecule has 0 saturated heterocycles. The standard InChI is InChI=1S/C22H20N4O7/c1-11-18(22(29)33-5)19-23-10-13-14(26(19)24-11)6-7-25(20(13)27)15-9-17(31-3)16(30-2)8-12(15)21(28)32-4/h6-10H,1-5H3. The summed E-state index contributed by atoms with van der Waals surface area (Å²) in [4.78, 5) is 42.3. The van der Waals surface area contributed by atoms with Crippen LogP contribution in [0.1, 0.15) is 26.4 Å². The van der Waals surface area contributed by atoms with Crippen molar-refractivity contribution in [1.29, 1.82) is 0 Å². The maximum atomic E-state index is 13.4. The zero-order chi connectivity index (χ0) is 23.9. The van der Waals surface area contributed by atoms with E-state index in [2.05, 4.69) is 10.1 Å². The third kappa shape index (κ3) is 3.34. The first-order chi connectivity index (χ1) is 15.9. The number of benzene rings is 1. The zero-order valence-corrected chi connectivity index (χ0v) is 18.5. The van der Waals surface area contributed by atoms with E-state index in [4.69, 9.17) is 18.9 Å². The van der Waals surface area contributed by atoms with E-state index in [1.165, 1.54) is 62.0 Å². The van der Waals surface area contributed by atoms with Gasteiger partial charge in [-0.2, -0.15) is 5.10 Å². The molecule has 3 heterocycles. The molecule has 0 aliphatic carbocycles. The number of ether oxygens (including phenoxy) is 4. The molecule has 4 rings (SSSR count). The van der Waals surface area contributed by atoms with Crippen LogP contribution in [-0.2, 0) is 9.47 Å². The first-order valence-corrected chi connectivity index (χ1v) is 9.69. The van der Waals surface area contributed by atoms with Gasteiger partial charge < -0.3 is 18.9 Å². The fraction of sp³-hybridized carbons (Fsp3) is 0.227. The number of aryl methyl sites for hydroxylation is 1. The van der Waals surface area contributed by atoms with Gasteiger partial charge in [-0.15, -0.1) is 0 Å². The van der Waals surface area contributed by atoms with Crippen LogP contribution >= 0.6 is 0 Å². The van der Waals surface area contributed by atoms with E-state index in [0.717, 1.165) is 0 Å². The number of carbonyl (C=O) groups is 2. The highest BCUT2D eigenvalue weighted by Crippen LogP contribution is 2.32. The molecule has 0 aliphatic heterocycles. The van der Waals surface area contributed by atoms with Crippen LogP contribution in [0.3, 0.4) is 0 Å². The van der Waals surface area contributed by atoms with Gasteiger partial charge in [-0.05, 0) is 13.0 Å². The van der Waals surface area contributed by atoms with Crippen molar-refractivity contribution in [2.24, 2.45) is 0 Å². The highest BCUT2D eigenvalue weighted by Gasteiger charge is 2.23. The molecule has 0 saturated carbocycles. The molecule has 0 spiro atoms. The second kappa shape index (κ2) is 8.26. The van der Waals surface area contributed by atoms with Crippen LogP contribution in [0.2, 0.25) is 0 Å². The maximum absolute atomic E-state index is 13.4. The van der Waals surface area contributed by atoms with Crippen LogP contribution in [0.15, 0.2) is 35.4 Å². The second-order valence-corrected chi connectivity index (χ2v) is 6.95. The number of carbonyl (C=O) groups excluding carboxylic acids is 2. The quantitative estimate of drug-likeness (QED) is 0.418. The molecule has 0 N–H and O–H groups in total. The summed E-state index contributed by atoms with van der Waals surface area (Å²) in [5.41, 5.74) is 1.21. The minimum atomic E-state index is -0.656. The molecule has 0 radical (unpaired) electrons. The number of esters is 2. The Hall–Kier alpha value is -4.41. The van der Waals surface area contributed by atoms with Gasteiger partial charge in [0, 0.05) is 24.5 Å². The van der Waals surface area contributed by atoms with E-state index in [0.29, 0.717) is 22.7 Å². The van der Waals surface area contributed by atoms with Gasteiger partial charge in [-0.25, -0.2) is 19.1 Å². The van der Waals surface area contributed by atoms with E-state index in [9.17, 15) is 14.4 Å². The Morgan fingerprint density at radius 2 is 1.64 bits per heavy atom. The predicted octanol–water partition coefficient (Wildman–Crippen LogP) is 1.93. The SMILES string of the molecule is COC(=O)c1cc(OC)c(OC)cc1-n1ccc2c(cnc3c(C(=O)OC)c(C)nn32)c1=O. The normalized spacial score (nSPS) is 10.9. The Morgan fingerprint density at radius 3 is 2.27 bits per heavy atom. The molecule has 0 atom stereocenters. The van der Waals surface area contributed by atoms with E-state index in [1.54, 1.807) is 13.0 Å². The molecule has 0 fully saturated rings. The molecule has 3 aromatic heterocycles. The first-order valence-electron chi connectivity index (χ1n) is 9.69. The molecule has 0 amide bonds. The molecule has 170 valence electrons. The summed E-state index contributed by atoms with van der Waals surface area (Å²) in [7, 11) is 5.40. The molecule has 0 bridgehead atoms. The largest absolute Gasteiger partial charge is 0.493 e. The van der Waals surface area contributed by atoms with Crippen molar-refractivity contribution in [3.05, 3.63) is 57.8 Å². The van der Waals surface area contributed by atoms with E-state index >= 15 is 0 Å². The number of pyridine rings is 1. The molecular weight excluding hydrogens is 432 g/mol. The van der Waals surface area contributed by atoms with Crippen LogP contribution in [0.4, 0.5) is 0 Å². The highest BCUT2D eigenvalue weighted by molar-refractivity contribution is 5.98. The van der Waals surface area contributed by atoms with E-state index in [-0.39, 0.29) is 27.8 Å². The topological polar surface area (TPSA) is 123 Å². The summed E-state index contributed by atoms with van der Waals surface area (Å²) in [5, 5.41) is 4.57. The third-order valence-corrected chi connectivity index (χ3v) is 5.24. The van der Waals surface area contributed by atoms with Crippen LogP contribution in [0.5, 0.6) is 11.5 Å². The lowest BCUT2D eigenvalue weighted by atomic mass is 10.1. The molecule has 11 heteroatoms. The van der Waals surface area contributed by atoms with Gasteiger partial charge in [0.2, 0.25) is 0 Å². The average molecular weight is 452 g/mol. The van der Waals surface area contributed by atoms with Crippen molar-refractivity contribution in [3.63, 3.8) is 0 Å². The number of fused-ring (bicyclic) bond motifs is 3. The summed E-state index contributed by atoms with van der Waals surface area (Å²) in [6.45, 7) is 1.65. The maximum Gasteiger partial charge on any atom is 0.343 e. The van der Waals surface area contributed by atoms with Crippen LogP contribution in [-0.4, -0.2) is 59.5 Å². The molecule has 4 aromatic rings. The lowest BCUT2D eigenvalue weighted by molar-refractivity contribution is 0.0592. The Labute approximate surface area is 187 Å². The van der Waals surface area contributed by atoms with Gasteiger partial charge in [-0.3, -0.25) is 9.36 Å². The molecule has 0 unspecified atom stereocenters. The van der Waals surface area contributed by atoms with Crippen LogP contribution in [0.25, 0.3) is 22.2 Å². The van der Waals surface area contributed by atoms with Crippen molar-refractivity contribution in [3.8, 4) is 17.2 Å². The number of nitrogens with zero attached hydrogens (tertiary/aromatic N) is 4. The molecule has 33 heavy (non-hydrogen) atoms. The number of hydrogen-bond acceptors (Lipinski definition) is 9. The van der Waals surface area contributed by atoms with Crippen LogP contribution < -0.4 is 15.0 Å². The van der Waals surface area contributed by atoms with Gasteiger partial charge >= 0.3 is 11.9 Å². The number of methoxy groups -OCH3 is 4. The summed E-state index contributed by atoms with van der Waals surface area (Å²) in [6.07, 6.45) is 2.85. The molecule has 1 aromatic carbocycles. The Kier molecular flexibility index (Phi) is 5.46. The van der Waals surface area contributed by atoms with Crippen molar-refractivity contribution in [2.45, 2.75) is 6.92 Å². The Bertz CT molecular complexity index is 1490. The molecule has 0 aliphatic rings. The predicted molar refractivity (Wildman–Crippen MR) is 117 cm³/mol. The van der Waals surface area contributed by atoms with E-state index < -0.39 is 17.5 Å². The average Bonchev–Trinajstić information content (AvgIpc) is 3.18. The number of aromatic nitrogens is 4. The third-order valence-electron chi connectivity index (χ3n) is 5.24. The Morgan fingerprint density at radius 1 is 0.970 bits per heavy atom. The molecular formula is C22H20N4O7. The second-order valence-electron chi connectivity index (χ2n) is 6.95. The van der Waals surface area contributed by atoms with Crippen molar-refractivity contribution < 1.29 is 28.5 Å². The number of hydrogen-bond donors (Lipinski definition) is 0. The zero-order valence-electron chi connectivity index (χ0n) is 18.5. The van der Waals surface area contributed by atoms with Gasteiger partial charge in [0.05, 0.1) is 56.3 Å². The van der Waals surface area contributed by atoms with Crippen molar-refractivity contribution in [2.75, 3.05) is 28.4 Å². The lowest BCUT2D eigenvalue weighted by Gasteiger charge is -2.15. The molecule has 11 nitrogen and oxygen atoms in total. The van der Waals surface area contributed by atoms with Gasteiger partial charge in [-0.1, -0.05) is 0 Å². The summed E-state index contributed by atoms with van der Waals surface area (Å²) in [6, 6.07) is 4.59. The smallest absolute Gasteiger partial charge is 0.343 e. The van der Waals surface area contributed by atoms with Gasteiger partial charge in [0.25, 0.3) is 5.56 Å². The van der Waals surface area contributed by atoms with E-state index in [1.807, 2.05) is 0 Å². The Balaban J connectivity index is 2.02. The fourth-order valence-corrected chi connectivity index (χ4v) is 3.65. The summed E-state index contributed by atoms with van der Waals surface area (Å²) >= 11 is 0. The number of rotatable bonds is 5. The summed E-state index contributed by atoms with van der Waals surface area (Å²) in [5.74, 6) is -0.597. The van der Waals surface area contributed by atoms with Gasteiger partial charge in [0.15, 0.2) is 17.1 Å². The van der Waals surface area contributed by atoms with Crippen molar-refractivity contribution >= 4 is 28.5 Å². The van der Waals surface area contributed by atoms with Crippen molar-refractivity contribution in [1.82, 2.24) is 19.2 Å².